The van der Waals surface area contributed by atoms with Crippen molar-refractivity contribution in [1.29, 1.82) is 0 Å². The number of hydrogen-bond donors (Lipinski definition) is 0. The molecule has 29 heavy (non-hydrogen) atoms. The van der Waals surface area contributed by atoms with E-state index in [0.717, 1.165) is 47.3 Å². The fourth-order valence-corrected chi connectivity index (χ4v) is 4.78. The molecule has 1 atom stereocenters. The Labute approximate surface area is 181 Å². The lowest BCUT2D eigenvalue weighted by Crippen LogP contribution is -2.49. The number of carbonyl (C=O) groups is 1. The summed E-state index contributed by atoms with van der Waals surface area (Å²) < 4.78 is 0. The quantitative estimate of drug-likeness (QED) is 0.505. The molecule has 1 amide bonds. The molecule has 1 aliphatic rings. The van der Waals surface area contributed by atoms with Crippen molar-refractivity contribution in [3.63, 3.8) is 0 Å². The van der Waals surface area contributed by atoms with E-state index in [1.807, 2.05) is 77.7 Å². The largest absolute Gasteiger partial charge is 0.368 e. The third-order valence-corrected chi connectivity index (χ3v) is 6.61. The first kappa shape index (κ1) is 19.9. The number of carbonyl (C=O) groups excluding carboxylic acids is 1. The monoisotopic (exact) mass is 422 g/mol. The van der Waals surface area contributed by atoms with Crippen LogP contribution in [0.3, 0.4) is 0 Å². The minimum absolute atomic E-state index is 0.181. The van der Waals surface area contributed by atoms with Crippen molar-refractivity contribution < 1.29 is 4.79 Å². The van der Waals surface area contributed by atoms with Crippen LogP contribution in [0.15, 0.2) is 89.8 Å². The zero-order valence-corrected chi connectivity index (χ0v) is 17.6. The third-order valence-electron chi connectivity index (χ3n) is 5.11. The van der Waals surface area contributed by atoms with Crippen LogP contribution in [0.5, 0.6) is 0 Å². The number of rotatable bonds is 5. The summed E-state index contributed by atoms with van der Waals surface area (Å²) in [7, 11) is 0. The van der Waals surface area contributed by atoms with Crippen LogP contribution >= 0.6 is 23.4 Å². The molecule has 0 unspecified atom stereocenters. The maximum Gasteiger partial charge on any atom is 0.240 e. The van der Waals surface area contributed by atoms with E-state index in [4.69, 9.17) is 11.6 Å². The summed E-state index contributed by atoms with van der Waals surface area (Å²) in [5.41, 5.74) is 2.20. The second-order valence-electron chi connectivity index (χ2n) is 7.01. The van der Waals surface area contributed by atoms with Gasteiger partial charge in [-0.1, -0.05) is 60.1 Å². The Morgan fingerprint density at radius 3 is 2.00 bits per heavy atom. The molecule has 3 aromatic carbocycles. The van der Waals surface area contributed by atoms with Crippen LogP contribution < -0.4 is 4.90 Å². The number of benzene rings is 3. The number of nitrogens with zero attached hydrogens (tertiary/aromatic N) is 2. The van der Waals surface area contributed by atoms with Crippen LogP contribution in [0.1, 0.15) is 10.8 Å². The lowest BCUT2D eigenvalue weighted by Gasteiger charge is -2.37. The van der Waals surface area contributed by atoms with E-state index in [1.165, 1.54) is 0 Å². The highest BCUT2D eigenvalue weighted by molar-refractivity contribution is 8.00. The summed E-state index contributed by atoms with van der Waals surface area (Å²) in [6.07, 6.45) is 0. The van der Waals surface area contributed by atoms with Crippen LogP contribution in [0.4, 0.5) is 5.69 Å². The lowest BCUT2D eigenvalue weighted by molar-refractivity contribution is -0.131. The highest BCUT2D eigenvalue weighted by Gasteiger charge is 2.29. The van der Waals surface area contributed by atoms with Gasteiger partial charge in [0.2, 0.25) is 5.91 Å². The molecule has 1 aliphatic heterocycles. The van der Waals surface area contributed by atoms with Gasteiger partial charge in [0.25, 0.3) is 0 Å². The molecule has 0 aliphatic carbocycles. The highest BCUT2D eigenvalue weighted by atomic mass is 35.5. The number of thioether (sulfide) groups is 1. The van der Waals surface area contributed by atoms with Gasteiger partial charge in [0.15, 0.2) is 0 Å². The van der Waals surface area contributed by atoms with Gasteiger partial charge >= 0.3 is 0 Å². The molecule has 1 fully saturated rings. The topological polar surface area (TPSA) is 23.6 Å². The van der Waals surface area contributed by atoms with E-state index < -0.39 is 0 Å². The van der Waals surface area contributed by atoms with Crippen LogP contribution in [-0.4, -0.2) is 37.0 Å². The molecule has 148 valence electrons. The van der Waals surface area contributed by atoms with Gasteiger partial charge in [-0.05, 0) is 42.0 Å². The van der Waals surface area contributed by atoms with Gasteiger partial charge in [0.1, 0.15) is 5.25 Å². The molecule has 0 aromatic heterocycles. The first-order valence-electron chi connectivity index (χ1n) is 9.77. The van der Waals surface area contributed by atoms with Gasteiger partial charge in [0, 0.05) is 41.8 Å². The molecule has 3 nitrogen and oxygen atoms in total. The van der Waals surface area contributed by atoms with Crippen molar-refractivity contribution in [3.8, 4) is 0 Å². The lowest BCUT2D eigenvalue weighted by atomic mass is 10.1. The van der Waals surface area contributed by atoms with Crippen molar-refractivity contribution in [1.82, 2.24) is 4.90 Å². The van der Waals surface area contributed by atoms with E-state index in [1.54, 1.807) is 11.8 Å². The second-order valence-corrected chi connectivity index (χ2v) is 8.63. The van der Waals surface area contributed by atoms with Gasteiger partial charge in [-0.25, -0.2) is 0 Å². The fraction of sp³-hybridized carbons (Fsp3) is 0.208. The molecule has 0 saturated carbocycles. The highest BCUT2D eigenvalue weighted by Crippen LogP contribution is 2.37. The van der Waals surface area contributed by atoms with Crippen molar-refractivity contribution in [3.05, 3.63) is 95.5 Å². The van der Waals surface area contributed by atoms with Crippen molar-refractivity contribution in [2.24, 2.45) is 0 Å². The van der Waals surface area contributed by atoms with Gasteiger partial charge in [-0.2, -0.15) is 0 Å². The van der Waals surface area contributed by atoms with Crippen LogP contribution in [0.2, 0.25) is 5.02 Å². The Bertz CT molecular complexity index is 926. The Balaban J connectivity index is 1.47. The fourth-order valence-electron chi connectivity index (χ4n) is 3.53. The maximum absolute atomic E-state index is 13.5. The number of amides is 1. The normalized spacial score (nSPS) is 15.2. The molecule has 4 rings (SSSR count). The Kier molecular flexibility index (Phi) is 6.43. The molecule has 3 aromatic rings. The summed E-state index contributed by atoms with van der Waals surface area (Å²) in [6, 6.07) is 28.1. The summed E-state index contributed by atoms with van der Waals surface area (Å²) in [6.45, 7) is 3.09. The van der Waals surface area contributed by atoms with Gasteiger partial charge in [0.05, 0.1) is 0 Å². The van der Waals surface area contributed by atoms with Crippen molar-refractivity contribution in [2.45, 2.75) is 10.1 Å². The number of anilines is 1. The van der Waals surface area contributed by atoms with Gasteiger partial charge in [-0.3, -0.25) is 4.79 Å². The van der Waals surface area contributed by atoms with E-state index in [9.17, 15) is 4.79 Å². The average molecular weight is 423 g/mol. The third kappa shape index (κ3) is 4.95. The minimum Gasteiger partial charge on any atom is -0.368 e. The van der Waals surface area contributed by atoms with Crippen molar-refractivity contribution >= 4 is 35.0 Å². The predicted molar refractivity (Wildman–Crippen MR) is 122 cm³/mol. The molecule has 5 heteroatoms. The average Bonchev–Trinajstić information content (AvgIpc) is 2.79. The van der Waals surface area contributed by atoms with E-state index in [-0.39, 0.29) is 11.2 Å². The summed E-state index contributed by atoms with van der Waals surface area (Å²) in [5.74, 6) is 0.181. The minimum atomic E-state index is -0.235. The standard InChI is InChI=1S/C24H23ClN2OS/c25-20-11-13-21(14-12-20)26-15-17-27(18-16-26)24(28)23(19-7-3-1-4-8-19)29-22-9-5-2-6-10-22/h1-14,23H,15-18H2/t23-/m1/s1. The SMILES string of the molecule is O=C([C@H](Sc1ccccc1)c1ccccc1)N1CCN(c2ccc(Cl)cc2)CC1. The number of halogens is 1. The Hall–Kier alpha value is -2.43. The molecule has 0 radical (unpaired) electrons. The zero-order valence-electron chi connectivity index (χ0n) is 16.1. The van der Waals surface area contributed by atoms with Crippen molar-refractivity contribution in [2.75, 3.05) is 31.1 Å². The zero-order chi connectivity index (χ0) is 20.1. The molecule has 0 spiro atoms. The summed E-state index contributed by atoms with van der Waals surface area (Å²) in [5, 5.41) is 0.506. The Morgan fingerprint density at radius 1 is 0.793 bits per heavy atom. The Morgan fingerprint density at radius 2 is 1.38 bits per heavy atom. The van der Waals surface area contributed by atoms with E-state index >= 15 is 0 Å². The number of piperazine rings is 1. The predicted octanol–water partition coefficient (Wildman–Crippen LogP) is 5.52. The molecular weight excluding hydrogens is 400 g/mol. The molecule has 1 heterocycles. The van der Waals surface area contributed by atoms with Crippen LogP contribution in [0.25, 0.3) is 0 Å². The molecule has 0 bridgehead atoms. The second kappa shape index (κ2) is 9.38. The first-order chi connectivity index (χ1) is 14.2. The van der Waals surface area contributed by atoms with Crippen LogP contribution in [0, 0.1) is 0 Å². The van der Waals surface area contributed by atoms with E-state index in [2.05, 4.69) is 17.0 Å². The maximum atomic E-state index is 13.5. The summed E-state index contributed by atoms with van der Waals surface area (Å²) in [4.78, 5) is 18.9. The van der Waals surface area contributed by atoms with Gasteiger partial charge in [-0.15, -0.1) is 11.8 Å². The van der Waals surface area contributed by atoms with Gasteiger partial charge < -0.3 is 9.80 Å². The number of hydrogen-bond acceptors (Lipinski definition) is 3. The first-order valence-corrected chi connectivity index (χ1v) is 11.0. The van der Waals surface area contributed by atoms with Crippen LogP contribution in [-0.2, 0) is 4.79 Å². The summed E-state index contributed by atoms with van der Waals surface area (Å²) >= 11 is 7.62. The molecule has 1 saturated heterocycles. The smallest absolute Gasteiger partial charge is 0.240 e. The van der Waals surface area contributed by atoms with E-state index in [0.29, 0.717) is 0 Å². The molecular formula is C24H23ClN2OS. The molecule has 0 N–H and O–H groups in total.